The largest absolute Gasteiger partial charge is 0.508 e. The first-order chi connectivity index (χ1) is 5.18. The Morgan fingerprint density at radius 1 is 1.18 bits per heavy atom. The van der Waals surface area contributed by atoms with E-state index in [9.17, 15) is 0 Å². The summed E-state index contributed by atoms with van der Waals surface area (Å²) in [5.74, 6) is 1.72. The molecule has 1 aromatic rings. The summed E-state index contributed by atoms with van der Waals surface area (Å²) in [6.45, 7) is 4.21. The normalized spacial score (nSPS) is 10.5. The molecule has 1 rings (SSSR count). The second kappa shape index (κ2) is 3.42. The van der Waals surface area contributed by atoms with Crippen LogP contribution in [0.4, 0.5) is 0 Å². The first-order valence-corrected chi connectivity index (χ1v) is 3.75. The smallest absolute Gasteiger partial charge is 0.115 e. The highest BCUT2D eigenvalue weighted by molar-refractivity contribution is 5.27. The first kappa shape index (κ1) is 8.12. The number of phenolic OH excluding ortho intramolecular Hbond substituents is 1. The topological polar surface area (TPSA) is 20.2 Å². The van der Waals surface area contributed by atoms with Gasteiger partial charge in [0.05, 0.1) is 0 Å². The maximum atomic E-state index is 8.98. The Bertz CT molecular complexity index is 211. The zero-order chi connectivity index (χ0) is 8.27. The van der Waals surface area contributed by atoms with E-state index in [0.29, 0.717) is 5.75 Å². The Hall–Kier alpha value is -0.980. The van der Waals surface area contributed by atoms with Gasteiger partial charge in [-0.3, -0.25) is 0 Å². The highest BCUT2D eigenvalue weighted by Gasteiger charge is 1.96. The van der Waals surface area contributed by atoms with E-state index in [1.54, 1.807) is 12.1 Å². The summed E-state index contributed by atoms with van der Waals surface area (Å²) in [5.41, 5.74) is 1.25. The summed E-state index contributed by atoms with van der Waals surface area (Å²) >= 11 is 0. The summed E-state index contributed by atoms with van der Waals surface area (Å²) in [6.07, 6.45) is 1.00. The summed E-state index contributed by atoms with van der Waals surface area (Å²) in [4.78, 5) is 0. The SMILES string of the molecule is C[C](C)Cc1ccc(O)cc1. The van der Waals surface area contributed by atoms with Crippen molar-refractivity contribution in [3.8, 4) is 5.75 Å². The van der Waals surface area contributed by atoms with Crippen molar-refractivity contribution in [1.82, 2.24) is 0 Å². The number of benzene rings is 1. The highest BCUT2D eigenvalue weighted by atomic mass is 16.3. The van der Waals surface area contributed by atoms with E-state index >= 15 is 0 Å². The third kappa shape index (κ3) is 2.62. The van der Waals surface area contributed by atoms with Crippen LogP contribution in [0.1, 0.15) is 19.4 Å². The molecule has 0 aliphatic heterocycles. The van der Waals surface area contributed by atoms with Crippen LogP contribution in [0.2, 0.25) is 0 Å². The van der Waals surface area contributed by atoms with Crippen molar-refractivity contribution in [1.29, 1.82) is 0 Å². The minimum Gasteiger partial charge on any atom is -0.508 e. The van der Waals surface area contributed by atoms with Gasteiger partial charge in [0, 0.05) is 0 Å². The molecular formula is C10H13O. The van der Waals surface area contributed by atoms with Gasteiger partial charge >= 0.3 is 0 Å². The average molecular weight is 149 g/mol. The monoisotopic (exact) mass is 149 g/mol. The quantitative estimate of drug-likeness (QED) is 0.685. The first-order valence-electron chi connectivity index (χ1n) is 3.75. The van der Waals surface area contributed by atoms with E-state index in [0.717, 1.165) is 6.42 Å². The van der Waals surface area contributed by atoms with E-state index < -0.39 is 0 Å². The van der Waals surface area contributed by atoms with Crippen molar-refractivity contribution in [2.75, 3.05) is 0 Å². The molecule has 0 atom stereocenters. The van der Waals surface area contributed by atoms with Crippen LogP contribution < -0.4 is 0 Å². The number of rotatable bonds is 2. The molecule has 11 heavy (non-hydrogen) atoms. The maximum absolute atomic E-state index is 8.98. The van der Waals surface area contributed by atoms with E-state index in [1.165, 1.54) is 11.5 Å². The van der Waals surface area contributed by atoms with Crippen molar-refractivity contribution in [2.24, 2.45) is 0 Å². The molecule has 0 bridgehead atoms. The summed E-state index contributed by atoms with van der Waals surface area (Å²) in [6, 6.07) is 7.33. The van der Waals surface area contributed by atoms with E-state index in [4.69, 9.17) is 5.11 Å². The Morgan fingerprint density at radius 2 is 1.73 bits per heavy atom. The predicted octanol–water partition coefficient (Wildman–Crippen LogP) is 2.55. The molecule has 0 aromatic heterocycles. The zero-order valence-electron chi connectivity index (χ0n) is 6.96. The Morgan fingerprint density at radius 3 is 2.18 bits per heavy atom. The molecular weight excluding hydrogens is 136 g/mol. The molecule has 0 aliphatic rings. The molecule has 1 nitrogen and oxygen atoms in total. The molecule has 0 spiro atoms. The van der Waals surface area contributed by atoms with E-state index in [2.05, 4.69) is 13.8 Å². The minimum absolute atomic E-state index is 0.336. The molecule has 0 aliphatic carbocycles. The second-order valence-corrected chi connectivity index (χ2v) is 3.05. The van der Waals surface area contributed by atoms with Crippen LogP contribution in [-0.4, -0.2) is 5.11 Å². The fourth-order valence-corrected chi connectivity index (χ4v) is 1.02. The van der Waals surface area contributed by atoms with Gasteiger partial charge in [-0.1, -0.05) is 26.0 Å². The lowest BCUT2D eigenvalue weighted by atomic mass is 10.0. The second-order valence-electron chi connectivity index (χ2n) is 3.05. The minimum atomic E-state index is 0.336. The van der Waals surface area contributed by atoms with Crippen LogP contribution >= 0.6 is 0 Å². The standard InChI is InChI=1S/C10H13O/c1-8(2)7-9-3-5-10(11)6-4-9/h3-6,11H,7H2,1-2H3. The lowest BCUT2D eigenvalue weighted by molar-refractivity contribution is 0.475. The van der Waals surface area contributed by atoms with Gasteiger partial charge in [-0.25, -0.2) is 0 Å². The molecule has 0 saturated heterocycles. The van der Waals surface area contributed by atoms with Crippen molar-refractivity contribution in [2.45, 2.75) is 20.3 Å². The molecule has 0 amide bonds. The average Bonchev–Trinajstić information content (AvgIpc) is 1.93. The van der Waals surface area contributed by atoms with E-state index in [-0.39, 0.29) is 0 Å². The van der Waals surface area contributed by atoms with Crippen molar-refractivity contribution in [3.05, 3.63) is 35.7 Å². The number of hydrogen-bond acceptors (Lipinski definition) is 1. The van der Waals surface area contributed by atoms with Gasteiger partial charge < -0.3 is 5.11 Å². The van der Waals surface area contributed by atoms with Gasteiger partial charge in [0.1, 0.15) is 5.75 Å². The Balaban J connectivity index is 2.66. The van der Waals surface area contributed by atoms with Crippen molar-refractivity contribution in [3.63, 3.8) is 0 Å². The molecule has 1 aromatic carbocycles. The Labute approximate surface area is 67.7 Å². The molecule has 1 heteroatoms. The molecule has 0 saturated carbocycles. The van der Waals surface area contributed by atoms with Gasteiger partial charge in [-0.15, -0.1) is 0 Å². The number of phenols is 1. The fourth-order valence-electron chi connectivity index (χ4n) is 1.02. The van der Waals surface area contributed by atoms with Crippen LogP contribution in [0.5, 0.6) is 5.75 Å². The van der Waals surface area contributed by atoms with Crippen LogP contribution in [0.3, 0.4) is 0 Å². The zero-order valence-corrected chi connectivity index (χ0v) is 6.96. The van der Waals surface area contributed by atoms with Gasteiger partial charge in [0.2, 0.25) is 0 Å². The third-order valence-electron chi connectivity index (χ3n) is 1.49. The van der Waals surface area contributed by atoms with Crippen LogP contribution in [-0.2, 0) is 6.42 Å². The van der Waals surface area contributed by atoms with Crippen LogP contribution in [0, 0.1) is 5.92 Å². The molecule has 0 fully saturated rings. The Kier molecular flexibility index (Phi) is 2.53. The van der Waals surface area contributed by atoms with Gasteiger partial charge in [-0.05, 0) is 30.0 Å². The summed E-state index contributed by atoms with van der Waals surface area (Å²) < 4.78 is 0. The van der Waals surface area contributed by atoms with Gasteiger partial charge in [-0.2, -0.15) is 0 Å². The van der Waals surface area contributed by atoms with Gasteiger partial charge in [0.15, 0.2) is 0 Å². The molecule has 1 radical (unpaired) electrons. The maximum Gasteiger partial charge on any atom is 0.115 e. The lowest BCUT2D eigenvalue weighted by Crippen LogP contribution is -1.90. The molecule has 1 N–H and O–H groups in total. The lowest BCUT2D eigenvalue weighted by Gasteiger charge is -2.03. The molecule has 0 heterocycles. The molecule has 0 unspecified atom stereocenters. The summed E-state index contributed by atoms with van der Waals surface area (Å²) in [7, 11) is 0. The summed E-state index contributed by atoms with van der Waals surface area (Å²) in [5, 5.41) is 8.98. The van der Waals surface area contributed by atoms with E-state index in [1.807, 2.05) is 12.1 Å². The van der Waals surface area contributed by atoms with Crippen molar-refractivity contribution < 1.29 is 5.11 Å². The fraction of sp³-hybridized carbons (Fsp3) is 0.300. The van der Waals surface area contributed by atoms with Crippen LogP contribution in [0.25, 0.3) is 0 Å². The molecule has 59 valence electrons. The highest BCUT2D eigenvalue weighted by Crippen LogP contribution is 2.13. The number of hydrogen-bond donors (Lipinski definition) is 1. The predicted molar refractivity (Wildman–Crippen MR) is 46.4 cm³/mol. The van der Waals surface area contributed by atoms with Crippen molar-refractivity contribution >= 4 is 0 Å². The van der Waals surface area contributed by atoms with Gasteiger partial charge in [0.25, 0.3) is 0 Å². The van der Waals surface area contributed by atoms with Crippen LogP contribution in [0.15, 0.2) is 24.3 Å². The third-order valence-corrected chi connectivity index (χ3v) is 1.49. The number of aromatic hydroxyl groups is 1.